The number of carbonyl (C=O) groups excluding carboxylic acids is 2. The van der Waals surface area contributed by atoms with Crippen molar-refractivity contribution in [2.24, 2.45) is 5.92 Å². The summed E-state index contributed by atoms with van der Waals surface area (Å²) in [6, 6.07) is 4.35. The molecule has 0 aliphatic carbocycles. The number of rotatable bonds is 3. The van der Waals surface area contributed by atoms with E-state index in [2.05, 4.69) is 21.2 Å². The molecule has 0 spiro atoms. The summed E-state index contributed by atoms with van der Waals surface area (Å²) in [5.74, 6) is 0.393. The predicted octanol–water partition coefficient (Wildman–Crippen LogP) is 2.33. The van der Waals surface area contributed by atoms with Gasteiger partial charge in [0.2, 0.25) is 11.8 Å². The van der Waals surface area contributed by atoms with Gasteiger partial charge in [0.05, 0.1) is 7.11 Å². The zero-order chi connectivity index (χ0) is 15.7. The van der Waals surface area contributed by atoms with Gasteiger partial charge in [-0.25, -0.2) is 0 Å². The van der Waals surface area contributed by atoms with Crippen LogP contribution in [0.5, 0.6) is 5.75 Å². The van der Waals surface area contributed by atoms with E-state index in [1.165, 1.54) is 0 Å². The number of amides is 2. The molecule has 1 heterocycles. The van der Waals surface area contributed by atoms with Crippen LogP contribution in [0.1, 0.15) is 20.8 Å². The molecule has 0 bridgehead atoms. The fourth-order valence-electron chi connectivity index (χ4n) is 2.52. The molecule has 5 nitrogen and oxygen atoms in total. The number of carbonyl (C=O) groups is 2. The lowest BCUT2D eigenvalue weighted by atomic mass is 9.96. The average molecular weight is 355 g/mol. The summed E-state index contributed by atoms with van der Waals surface area (Å²) in [5, 5.41) is 2.73. The van der Waals surface area contributed by atoms with Crippen LogP contribution in [0, 0.1) is 5.92 Å². The van der Waals surface area contributed by atoms with Crippen LogP contribution in [-0.4, -0.2) is 31.0 Å². The number of nitrogens with one attached hydrogen (secondary N) is 1. The standard InChI is InChI=1S/C15H19BrN2O3/c1-8(2)13-14(19)17-9(3)15(20)18(13)11-5-10(16)6-12(7-11)21-4/h5-9,13H,1-4H3,(H,17,19). The number of nitrogens with zero attached hydrogens (tertiary/aromatic N) is 1. The van der Waals surface area contributed by atoms with Crippen LogP contribution >= 0.6 is 15.9 Å². The highest BCUT2D eigenvalue weighted by Crippen LogP contribution is 2.31. The van der Waals surface area contributed by atoms with E-state index in [4.69, 9.17) is 4.74 Å². The van der Waals surface area contributed by atoms with Gasteiger partial charge in [0.1, 0.15) is 17.8 Å². The molecule has 1 aromatic rings. The molecule has 0 radical (unpaired) electrons. The van der Waals surface area contributed by atoms with Crippen molar-refractivity contribution in [3.63, 3.8) is 0 Å². The molecule has 1 N–H and O–H groups in total. The number of hydrogen-bond acceptors (Lipinski definition) is 3. The Bertz CT molecular complexity index is 574. The number of methoxy groups -OCH3 is 1. The molecular weight excluding hydrogens is 336 g/mol. The highest BCUT2D eigenvalue weighted by atomic mass is 79.9. The zero-order valence-corrected chi connectivity index (χ0v) is 14.1. The third kappa shape index (κ3) is 3.05. The van der Waals surface area contributed by atoms with Crippen LogP contribution in [0.4, 0.5) is 5.69 Å². The SMILES string of the molecule is COc1cc(Br)cc(N2C(=O)C(C)NC(=O)C2C(C)C)c1. The summed E-state index contributed by atoms with van der Waals surface area (Å²) in [6.45, 7) is 5.55. The highest BCUT2D eigenvalue weighted by molar-refractivity contribution is 9.10. The second-order valence-corrected chi connectivity index (χ2v) is 6.39. The minimum Gasteiger partial charge on any atom is -0.497 e. The monoisotopic (exact) mass is 354 g/mol. The maximum absolute atomic E-state index is 12.6. The van der Waals surface area contributed by atoms with Gasteiger partial charge in [-0.1, -0.05) is 29.8 Å². The fraction of sp³-hybridized carbons (Fsp3) is 0.467. The first kappa shape index (κ1) is 15.8. The van der Waals surface area contributed by atoms with Crippen molar-refractivity contribution in [2.45, 2.75) is 32.9 Å². The Morgan fingerprint density at radius 2 is 1.95 bits per heavy atom. The predicted molar refractivity (Wildman–Crippen MR) is 84.4 cm³/mol. The van der Waals surface area contributed by atoms with E-state index in [1.807, 2.05) is 26.0 Å². The maximum Gasteiger partial charge on any atom is 0.250 e. The summed E-state index contributed by atoms with van der Waals surface area (Å²) in [7, 11) is 1.57. The number of piperazine rings is 1. The number of benzene rings is 1. The third-order valence-electron chi connectivity index (χ3n) is 3.51. The van der Waals surface area contributed by atoms with E-state index in [0.29, 0.717) is 11.4 Å². The van der Waals surface area contributed by atoms with Crippen LogP contribution in [0.3, 0.4) is 0 Å². The first-order valence-corrected chi connectivity index (χ1v) is 7.62. The van der Waals surface area contributed by atoms with Gasteiger partial charge in [-0.2, -0.15) is 0 Å². The van der Waals surface area contributed by atoms with Gasteiger partial charge in [-0.05, 0) is 25.0 Å². The molecule has 1 aromatic carbocycles. The number of halogens is 1. The van der Waals surface area contributed by atoms with Gasteiger partial charge >= 0.3 is 0 Å². The molecule has 2 atom stereocenters. The van der Waals surface area contributed by atoms with Crippen LogP contribution in [0.2, 0.25) is 0 Å². The van der Waals surface area contributed by atoms with Crippen molar-refractivity contribution >= 4 is 33.4 Å². The second kappa shape index (κ2) is 6.05. The second-order valence-electron chi connectivity index (χ2n) is 5.48. The van der Waals surface area contributed by atoms with Gasteiger partial charge in [-0.15, -0.1) is 0 Å². The Kier molecular flexibility index (Phi) is 4.56. The lowest BCUT2D eigenvalue weighted by molar-refractivity contribution is -0.134. The molecule has 1 aliphatic heterocycles. The molecule has 6 heteroatoms. The Labute approximate surface area is 132 Å². The molecule has 1 aliphatic rings. The van der Waals surface area contributed by atoms with E-state index in [0.717, 1.165) is 4.47 Å². The van der Waals surface area contributed by atoms with E-state index >= 15 is 0 Å². The van der Waals surface area contributed by atoms with Gasteiger partial charge in [0.15, 0.2) is 0 Å². The number of anilines is 1. The summed E-state index contributed by atoms with van der Waals surface area (Å²) < 4.78 is 6.04. The molecule has 2 rings (SSSR count). The summed E-state index contributed by atoms with van der Waals surface area (Å²) in [6.07, 6.45) is 0. The van der Waals surface area contributed by atoms with E-state index in [1.54, 1.807) is 25.0 Å². The Balaban J connectivity index is 2.52. The molecule has 2 amide bonds. The largest absolute Gasteiger partial charge is 0.497 e. The lowest BCUT2D eigenvalue weighted by Gasteiger charge is -2.40. The molecular formula is C15H19BrN2O3. The lowest BCUT2D eigenvalue weighted by Crippen LogP contribution is -2.64. The quantitative estimate of drug-likeness (QED) is 0.906. The molecule has 1 saturated heterocycles. The van der Waals surface area contributed by atoms with Crippen molar-refractivity contribution < 1.29 is 14.3 Å². The van der Waals surface area contributed by atoms with Crippen LogP contribution in [0.25, 0.3) is 0 Å². The van der Waals surface area contributed by atoms with Gasteiger partial charge in [0.25, 0.3) is 0 Å². The molecule has 2 unspecified atom stereocenters. The van der Waals surface area contributed by atoms with Crippen LogP contribution < -0.4 is 15.0 Å². The average Bonchev–Trinajstić information content (AvgIpc) is 2.41. The Hall–Kier alpha value is -1.56. The van der Waals surface area contributed by atoms with E-state index in [9.17, 15) is 9.59 Å². The number of ether oxygens (including phenoxy) is 1. The first-order valence-electron chi connectivity index (χ1n) is 6.83. The Morgan fingerprint density at radius 3 is 2.52 bits per heavy atom. The van der Waals surface area contributed by atoms with Crippen molar-refractivity contribution in [3.8, 4) is 5.75 Å². The highest BCUT2D eigenvalue weighted by Gasteiger charge is 2.41. The molecule has 21 heavy (non-hydrogen) atoms. The summed E-state index contributed by atoms with van der Waals surface area (Å²) >= 11 is 3.41. The van der Waals surface area contributed by atoms with Crippen molar-refractivity contribution in [1.82, 2.24) is 5.32 Å². The van der Waals surface area contributed by atoms with Crippen molar-refractivity contribution in [2.75, 3.05) is 12.0 Å². The topological polar surface area (TPSA) is 58.6 Å². The normalized spacial score (nSPS) is 22.5. The van der Waals surface area contributed by atoms with E-state index in [-0.39, 0.29) is 17.7 Å². The molecule has 0 saturated carbocycles. The zero-order valence-electron chi connectivity index (χ0n) is 12.5. The van der Waals surface area contributed by atoms with Gasteiger partial charge < -0.3 is 10.1 Å². The number of hydrogen-bond donors (Lipinski definition) is 1. The van der Waals surface area contributed by atoms with Crippen molar-refractivity contribution in [1.29, 1.82) is 0 Å². The van der Waals surface area contributed by atoms with E-state index < -0.39 is 12.1 Å². The van der Waals surface area contributed by atoms with Gasteiger partial charge in [-0.3, -0.25) is 14.5 Å². The maximum atomic E-state index is 12.6. The molecule has 1 fully saturated rings. The minimum atomic E-state index is -0.530. The minimum absolute atomic E-state index is 0.00595. The Morgan fingerprint density at radius 1 is 1.29 bits per heavy atom. The van der Waals surface area contributed by atoms with Crippen molar-refractivity contribution in [3.05, 3.63) is 22.7 Å². The van der Waals surface area contributed by atoms with Crippen LogP contribution in [-0.2, 0) is 9.59 Å². The third-order valence-corrected chi connectivity index (χ3v) is 3.97. The molecule has 0 aromatic heterocycles. The first-order chi connectivity index (χ1) is 9.85. The van der Waals surface area contributed by atoms with Crippen LogP contribution in [0.15, 0.2) is 22.7 Å². The molecule has 114 valence electrons. The van der Waals surface area contributed by atoms with Gasteiger partial charge in [0, 0.05) is 16.2 Å². The summed E-state index contributed by atoms with van der Waals surface area (Å²) in [5.41, 5.74) is 0.659. The summed E-state index contributed by atoms with van der Waals surface area (Å²) in [4.78, 5) is 26.4. The smallest absolute Gasteiger partial charge is 0.250 e. The fourth-order valence-corrected chi connectivity index (χ4v) is 2.98.